The van der Waals surface area contributed by atoms with E-state index in [-0.39, 0.29) is 17.6 Å². The number of piperidine rings is 1. The topological polar surface area (TPSA) is 41.9 Å². The molecule has 2 bridgehead atoms. The van der Waals surface area contributed by atoms with Gasteiger partial charge in [-0.2, -0.15) is 0 Å². The molecule has 1 saturated heterocycles. The van der Waals surface area contributed by atoms with Crippen molar-refractivity contribution in [1.82, 2.24) is 4.90 Å². The van der Waals surface area contributed by atoms with Crippen LogP contribution in [0.3, 0.4) is 0 Å². The minimum absolute atomic E-state index is 0.0292. The summed E-state index contributed by atoms with van der Waals surface area (Å²) in [7, 11) is 0. The van der Waals surface area contributed by atoms with Crippen molar-refractivity contribution in [2.75, 3.05) is 19.3 Å². The Morgan fingerprint density at radius 3 is 2.86 bits per heavy atom. The standard InChI is InChI=1S/C23H33NO3S/c1-4-6-19-23-11-12-24(14-15-7-5-8-15)18(22(23,2)25)13-16-9-10-17(27-28-3)21(26-19)20(16)23/h9-10,15,18-19,25H,4-8,11-14H2,1-3H3. The summed E-state index contributed by atoms with van der Waals surface area (Å²) in [5.41, 5.74) is 1.51. The van der Waals surface area contributed by atoms with Gasteiger partial charge >= 0.3 is 0 Å². The van der Waals surface area contributed by atoms with Gasteiger partial charge in [-0.1, -0.05) is 25.8 Å². The van der Waals surface area contributed by atoms with Gasteiger partial charge in [0.1, 0.15) is 6.10 Å². The molecule has 5 rings (SSSR count). The molecule has 28 heavy (non-hydrogen) atoms. The third-order valence-corrected chi connectivity index (χ3v) is 8.45. The summed E-state index contributed by atoms with van der Waals surface area (Å²) in [5, 5.41) is 12.1. The predicted molar refractivity (Wildman–Crippen MR) is 113 cm³/mol. The van der Waals surface area contributed by atoms with Crippen LogP contribution < -0.4 is 8.92 Å². The molecule has 154 valence electrons. The molecule has 2 heterocycles. The molecular formula is C23H33NO3S. The van der Waals surface area contributed by atoms with E-state index in [1.54, 1.807) is 0 Å². The first kappa shape index (κ1) is 19.1. The molecule has 0 amide bonds. The summed E-state index contributed by atoms with van der Waals surface area (Å²) >= 11 is 1.35. The van der Waals surface area contributed by atoms with Crippen LogP contribution >= 0.6 is 12.0 Å². The van der Waals surface area contributed by atoms with E-state index >= 15 is 0 Å². The van der Waals surface area contributed by atoms with E-state index in [4.69, 9.17) is 8.92 Å². The first-order valence-electron chi connectivity index (χ1n) is 11.0. The van der Waals surface area contributed by atoms with Crippen LogP contribution in [0.1, 0.15) is 63.5 Å². The van der Waals surface area contributed by atoms with Crippen LogP contribution in [0.15, 0.2) is 12.1 Å². The zero-order valence-corrected chi connectivity index (χ0v) is 18.2. The van der Waals surface area contributed by atoms with Gasteiger partial charge in [0, 0.05) is 24.4 Å². The lowest BCUT2D eigenvalue weighted by Gasteiger charge is -2.60. The molecule has 4 nitrogen and oxygen atoms in total. The fraction of sp³-hybridized carbons (Fsp3) is 0.739. The molecule has 2 fully saturated rings. The molecule has 1 aromatic carbocycles. The summed E-state index contributed by atoms with van der Waals surface area (Å²) in [6.45, 7) is 6.51. The number of benzene rings is 1. The van der Waals surface area contributed by atoms with E-state index in [1.165, 1.54) is 42.4 Å². The largest absolute Gasteiger partial charge is 0.485 e. The SMILES string of the molecule is CCCC1Oc2c(OSC)ccc3c2C12CCN(CC1CCC1)C(C3)C2(C)O. The van der Waals surface area contributed by atoms with Gasteiger partial charge in [-0.25, -0.2) is 0 Å². The monoisotopic (exact) mass is 403 g/mol. The Kier molecular flexibility index (Phi) is 4.64. The van der Waals surface area contributed by atoms with Gasteiger partial charge in [0.15, 0.2) is 11.5 Å². The van der Waals surface area contributed by atoms with Crippen LogP contribution in [0.4, 0.5) is 0 Å². The summed E-state index contributed by atoms with van der Waals surface area (Å²) in [6, 6.07) is 4.47. The number of nitrogens with zero attached hydrogens (tertiary/aromatic N) is 1. The van der Waals surface area contributed by atoms with Crippen molar-refractivity contribution in [2.45, 2.75) is 82.0 Å². The highest BCUT2D eigenvalue weighted by Gasteiger charge is 2.68. The van der Waals surface area contributed by atoms with Crippen molar-refractivity contribution in [3.8, 4) is 11.5 Å². The van der Waals surface area contributed by atoms with E-state index in [0.717, 1.165) is 56.2 Å². The Labute approximate surface area is 173 Å². The van der Waals surface area contributed by atoms with Gasteiger partial charge in [0.05, 0.1) is 23.1 Å². The highest BCUT2D eigenvalue weighted by Crippen LogP contribution is 2.62. The highest BCUT2D eigenvalue weighted by atomic mass is 32.2. The van der Waals surface area contributed by atoms with E-state index in [0.29, 0.717) is 0 Å². The lowest BCUT2D eigenvalue weighted by molar-refractivity contribution is -0.158. The highest BCUT2D eigenvalue weighted by molar-refractivity contribution is 7.94. The number of hydrogen-bond acceptors (Lipinski definition) is 5. The van der Waals surface area contributed by atoms with Crippen LogP contribution in [0.2, 0.25) is 0 Å². The van der Waals surface area contributed by atoms with E-state index in [9.17, 15) is 5.11 Å². The van der Waals surface area contributed by atoms with Crippen LogP contribution in [0, 0.1) is 5.92 Å². The first-order valence-corrected chi connectivity index (χ1v) is 12.2. The van der Waals surface area contributed by atoms with Gasteiger partial charge in [0.2, 0.25) is 0 Å². The number of hydrogen-bond donors (Lipinski definition) is 1. The van der Waals surface area contributed by atoms with Gasteiger partial charge in [-0.05, 0) is 63.1 Å². The van der Waals surface area contributed by atoms with Crippen molar-refractivity contribution in [3.05, 3.63) is 23.3 Å². The Hall–Kier alpha value is -0.910. The molecule has 1 spiro atoms. The Bertz CT molecular complexity index is 762. The molecule has 4 unspecified atom stereocenters. The molecule has 0 aromatic heterocycles. The molecule has 2 aliphatic heterocycles. The first-order chi connectivity index (χ1) is 13.5. The third kappa shape index (κ3) is 2.45. The maximum Gasteiger partial charge on any atom is 0.179 e. The Morgan fingerprint density at radius 2 is 2.18 bits per heavy atom. The average Bonchev–Trinajstić information content (AvgIpc) is 2.94. The molecule has 5 heteroatoms. The Balaban J connectivity index is 1.61. The maximum atomic E-state index is 12.1. The second-order valence-electron chi connectivity index (χ2n) is 9.45. The minimum Gasteiger partial charge on any atom is -0.485 e. The van der Waals surface area contributed by atoms with Crippen LogP contribution in [-0.4, -0.2) is 47.1 Å². The number of likely N-dealkylation sites (tertiary alicyclic amines) is 1. The van der Waals surface area contributed by atoms with Crippen molar-refractivity contribution < 1.29 is 14.0 Å². The third-order valence-electron chi connectivity index (χ3n) is 8.10. The molecule has 1 N–H and O–H groups in total. The quantitative estimate of drug-likeness (QED) is 0.717. The number of fused-ring (bicyclic) bond motifs is 1. The molecule has 1 aromatic rings. The summed E-state index contributed by atoms with van der Waals surface area (Å²) in [5.74, 6) is 2.54. The molecule has 0 radical (unpaired) electrons. The number of ether oxygens (including phenoxy) is 1. The van der Waals surface area contributed by atoms with E-state index in [1.807, 2.05) is 6.26 Å². The van der Waals surface area contributed by atoms with Gasteiger partial charge in [-0.3, -0.25) is 4.90 Å². The van der Waals surface area contributed by atoms with Gasteiger partial charge in [0.25, 0.3) is 0 Å². The normalized spacial score (nSPS) is 36.6. The maximum absolute atomic E-state index is 12.1. The van der Waals surface area contributed by atoms with Crippen LogP contribution in [-0.2, 0) is 11.8 Å². The molecule has 2 aliphatic carbocycles. The van der Waals surface area contributed by atoms with Crippen molar-refractivity contribution in [2.24, 2.45) is 5.92 Å². The smallest absolute Gasteiger partial charge is 0.179 e. The zero-order chi connectivity index (χ0) is 19.5. The van der Waals surface area contributed by atoms with Gasteiger partial charge in [-0.15, -0.1) is 0 Å². The molecule has 1 saturated carbocycles. The second-order valence-corrected chi connectivity index (χ2v) is 9.95. The van der Waals surface area contributed by atoms with Crippen molar-refractivity contribution in [3.63, 3.8) is 0 Å². The van der Waals surface area contributed by atoms with E-state index < -0.39 is 5.60 Å². The lowest BCUT2D eigenvalue weighted by Crippen LogP contribution is -2.73. The summed E-state index contributed by atoms with van der Waals surface area (Å²) in [6.07, 6.45) is 9.96. The van der Waals surface area contributed by atoms with Crippen molar-refractivity contribution in [1.29, 1.82) is 0 Å². The zero-order valence-electron chi connectivity index (χ0n) is 17.4. The fourth-order valence-corrected chi connectivity index (χ4v) is 6.83. The summed E-state index contributed by atoms with van der Waals surface area (Å²) in [4.78, 5) is 2.60. The molecular weight excluding hydrogens is 370 g/mol. The van der Waals surface area contributed by atoms with Crippen LogP contribution in [0.25, 0.3) is 0 Å². The summed E-state index contributed by atoms with van der Waals surface area (Å²) < 4.78 is 12.4. The van der Waals surface area contributed by atoms with E-state index in [2.05, 4.69) is 30.9 Å². The van der Waals surface area contributed by atoms with Crippen molar-refractivity contribution >= 4 is 12.0 Å². The lowest BCUT2D eigenvalue weighted by atomic mass is 9.53. The van der Waals surface area contributed by atoms with Gasteiger partial charge < -0.3 is 14.0 Å². The van der Waals surface area contributed by atoms with Crippen LogP contribution in [0.5, 0.6) is 11.5 Å². The Morgan fingerprint density at radius 1 is 1.36 bits per heavy atom. The second kappa shape index (κ2) is 6.82. The predicted octanol–water partition coefficient (Wildman–Crippen LogP) is 4.32. The molecule has 4 aliphatic rings. The molecule has 4 atom stereocenters. The average molecular weight is 404 g/mol. The number of rotatable bonds is 6. The number of aliphatic hydroxyl groups is 1. The minimum atomic E-state index is -0.787. The fourth-order valence-electron chi connectivity index (χ4n) is 6.52.